The van der Waals surface area contributed by atoms with Gasteiger partial charge in [0.1, 0.15) is 6.04 Å². The number of esters is 1. The molecule has 4 nitrogen and oxygen atoms in total. The van der Waals surface area contributed by atoms with E-state index in [1.54, 1.807) is 7.11 Å². The van der Waals surface area contributed by atoms with E-state index < -0.39 is 0 Å². The molecule has 0 aromatic heterocycles. The van der Waals surface area contributed by atoms with Crippen LogP contribution in [0, 0.1) is 17.3 Å². The first kappa shape index (κ1) is 16.4. The summed E-state index contributed by atoms with van der Waals surface area (Å²) in [7, 11) is 1.57. The number of benzene rings is 1. The number of quaternary nitrogens is 1. The Morgan fingerprint density at radius 2 is 2.11 bits per heavy atom. The first-order chi connectivity index (χ1) is 13.0. The molecule has 4 heteroatoms. The molecule has 7 atom stereocenters. The molecule has 5 aliphatic rings. The van der Waals surface area contributed by atoms with E-state index in [1.807, 2.05) is 0 Å². The van der Waals surface area contributed by atoms with Crippen LogP contribution < -0.4 is 5.32 Å². The van der Waals surface area contributed by atoms with E-state index in [4.69, 9.17) is 4.74 Å². The van der Waals surface area contributed by atoms with Crippen LogP contribution in [0.1, 0.15) is 45.1 Å². The number of likely N-dealkylation sites (N-methyl/N-ethyl adjacent to an activating group) is 1. The molecule has 0 radical (unpaired) electrons. The largest absolute Gasteiger partial charge is 0.469 e. The van der Waals surface area contributed by atoms with Gasteiger partial charge in [-0.05, 0) is 43.7 Å². The lowest BCUT2D eigenvalue weighted by Gasteiger charge is -2.55. The van der Waals surface area contributed by atoms with Gasteiger partial charge in [-0.25, -0.2) is 0 Å². The zero-order valence-electron chi connectivity index (χ0n) is 16.8. The van der Waals surface area contributed by atoms with Gasteiger partial charge in [0.25, 0.3) is 0 Å². The van der Waals surface area contributed by atoms with E-state index in [-0.39, 0.29) is 28.3 Å². The van der Waals surface area contributed by atoms with Crippen molar-refractivity contribution in [2.45, 2.75) is 56.5 Å². The molecule has 4 fully saturated rings. The molecule has 2 aliphatic carbocycles. The molecule has 1 N–H and O–H groups in total. The van der Waals surface area contributed by atoms with E-state index >= 15 is 0 Å². The van der Waals surface area contributed by atoms with Gasteiger partial charge in [0.05, 0.1) is 43.6 Å². The number of hydrogen-bond acceptors (Lipinski definition) is 3. The highest BCUT2D eigenvalue weighted by Gasteiger charge is 2.90. The maximum Gasteiger partial charge on any atom is 0.311 e. The molecule has 2 saturated heterocycles. The topological polar surface area (TPSA) is 38.3 Å². The summed E-state index contributed by atoms with van der Waals surface area (Å²) in [6, 6.07) is 9.58. The van der Waals surface area contributed by atoms with E-state index in [2.05, 4.69) is 43.4 Å². The van der Waals surface area contributed by atoms with Gasteiger partial charge in [0.15, 0.2) is 0 Å². The predicted molar refractivity (Wildman–Crippen MR) is 104 cm³/mol. The molecule has 1 aromatic rings. The third-order valence-electron chi connectivity index (χ3n) is 10.0. The standard InChI is InChI=1S/C23H31N2O2/c1-4-25-12-7-10-21-14-17(19(26)27-3)23(15(21)2)22(11-13-25,20(21)25)16-8-5-6-9-18(16)24-23/h5-6,8-9,15,17,20,24H,4,7,10-14H2,1-3H3/q+1. The molecule has 3 heterocycles. The molecule has 2 bridgehead atoms. The Morgan fingerprint density at radius 3 is 2.89 bits per heavy atom. The highest BCUT2D eigenvalue weighted by Crippen LogP contribution is 2.81. The third kappa shape index (κ3) is 1.38. The minimum Gasteiger partial charge on any atom is -0.469 e. The molecule has 6 rings (SSSR count). The Hall–Kier alpha value is -1.55. The summed E-state index contributed by atoms with van der Waals surface area (Å²) < 4.78 is 6.66. The fourth-order valence-electron chi connectivity index (χ4n) is 9.47. The first-order valence-corrected chi connectivity index (χ1v) is 10.8. The average Bonchev–Trinajstić information content (AvgIpc) is 3.34. The second kappa shape index (κ2) is 4.71. The number of methoxy groups -OCH3 is 1. The monoisotopic (exact) mass is 367 g/mol. The minimum atomic E-state index is -0.173. The zero-order valence-corrected chi connectivity index (χ0v) is 16.8. The maximum atomic E-state index is 13.1. The van der Waals surface area contributed by atoms with Crippen LogP contribution in [-0.2, 0) is 14.9 Å². The molecule has 7 unspecified atom stereocenters. The number of carbonyl (C=O) groups excluding carboxylic acids is 1. The number of ether oxygens (including phenoxy) is 1. The van der Waals surface area contributed by atoms with Gasteiger partial charge >= 0.3 is 5.97 Å². The lowest BCUT2D eigenvalue weighted by atomic mass is 9.56. The Kier molecular flexibility index (Phi) is 2.86. The van der Waals surface area contributed by atoms with Crippen LogP contribution in [0.5, 0.6) is 0 Å². The van der Waals surface area contributed by atoms with Crippen molar-refractivity contribution in [2.75, 3.05) is 32.1 Å². The number of para-hydroxylation sites is 1. The van der Waals surface area contributed by atoms with E-state index in [1.165, 1.54) is 54.6 Å². The zero-order chi connectivity index (χ0) is 18.7. The number of anilines is 1. The van der Waals surface area contributed by atoms with Crippen molar-refractivity contribution in [1.82, 2.24) is 0 Å². The number of hydrogen-bond donors (Lipinski definition) is 1. The lowest BCUT2D eigenvalue weighted by Crippen LogP contribution is -2.68. The molecule has 144 valence electrons. The molecule has 0 amide bonds. The highest BCUT2D eigenvalue weighted by molar-refractivity contribution is 5.82. The van der Waals surface area contributed by atoms with Crippen LogP contribution >= 0.6 is 0 Å². The number of carbonyl (C=O) groups is 1. The highest BCUT2D eigenvalue weighted by atomic mass is 16.5. The van der Waals surface area contributed by atoms with Gasteiger partial charge in [0.2, 0.25) is 0 Å². The number of rotatable bonds is 2. The fraction of sp³-hybridized carbons (Fsp3) is 0.696. The van der Waals surface area contributed by atoms with Crippen molar-refractivity contribution < 1.29 is 14.0 Å². The lowest BCUT2D eigenvalue weighted by molar-refractivity contribution is -0.952. The SMILES string of the molecule is CC[N+]12CCCC34CC(C(=O)OC)C5(Nc6ccccc6C5(CC1)C32)C4C. The summed E-state index contributed by atoms with van der Waals surface area (Å²) >= 11 is 0. The Morgan fingerprint density at radius 1 is 1.30 bits per heavy atom. The summed E-state index contributed by atoms with van der Waals surface area (Å²) in [5, 5.41) is 4.02. The van der Waals surface area contributed by atoms with Crippen molar-refractivity contribution in [1.29, 1.82) is 0 Å². The summed E-state index contributed by atoms with van der Waals surface area (Å²) in [4.78, 5) is 13.1. The summed E-state index contributed by atoms with van der Waals surface area (Å²) in [6.07, 6.45) is 4.79. The molecule has 27 heavy (non-hydrogen) atoms. The van der Waals surface area contributed by atoms with Crippen LogP contribution in [0.2, 0.25) is 0 Å². The summed E-state index contributed by atoms with van der Waals surface area (Å²) in [5.74, 6) is 0.469. The van der Waals surface area contributed by atoms with E-state index in [0.29, 0.717) is 12.0 Å². The molecular formula is C23H31N2O2+. The van der Waals surface area contributed by atoms with Crippen molar-refractivity contribution in [3.05, 3.63) is 29.8 Å². The number of piperidine rings is 1. The Labute approximate surface area is 161 Å². The van der Waals surface area contributed by atoms with Crippen molar-refractivity contribution >= 4 is 11.7 Å². The molecule has 1 aromatic carbocycles. The van der Waals surface area contributed by atoms with Gasteiger partial charge in [-0.1, -0.05) is 25.1 Å². The quantitative estimate of drug-likeness (QED) is 0.644. The molecular weight excluding hydrogens is 336 g/mol. The van der Waals surface area contributed by atoms with Gasteiger partial charge in [-0.15, -0.1) is 0 Å². The van der Waals surface area contributed by atoms with Crippen molar-refractivity contribution in [2.24, 2.45) is 17.3 Å². The Bertz CT molecular complexity index is 855. The maximum absolute atomic E-state index is 13.1. The Balaban J connectivity index is 1.68. The molecule has 3 aliphatic heterocycles. The minimum absolute atomic E-state index is 0.00364. The van der Waals surface area contributed by atoms with Crippen molar-refractivity contribution in [3.8, 4) is 0 Å². The number of nitrogens with zero attached hydrogens (tertiary/aromatic N) is 1. The van der Waals surface area contributed by atoms with E-state index in [9.17, 15) is 4.79 Å². The van der Waals surface area contributed by atoms with E-state index in [0.717, 1.165) is 6.42 Å². The number of fused-ring (bicyclic) bond motifs is 1. The van der Waals surface area contributed by atoms with Gasteiger partial charge in [0, 0.05) is 17.5 Å². The van der Waals surface area contributed by atoms with Gasteiger partial charge < -0.3 is 14.5 Å². The fourth-order valence-corrected chi connectivity index (χ4v) is 9.47. The molecule has 3 spiro atoms. The second-order valence-corrected chi connectivity index (χ2v) is 9.98. The van der Waals surface area contributed by atoms with Crippen LogP contribution in [-0.4, -0.2) is 48.8 Å². The average molecular weight is 368 g/mol. The van der Waals surface area contributed by atoms with Crippen LogP contribution in [0.25, 0.3) is 0 Å². The predicted octanol–water partition coefficient (Wildman–Crippen LogP) is 3.32. The summed E-state index contributed by atoms with van der Waals surface area (Å²) in [6.45, 7) is 8.66. The van der Waals surface area contributed by atoms with Crippen LogP contribution in [0.4, 0.5) is 5.69 Å². The number of nitrogens with one attached hydrogen (secondary N) is 1. The van der Waals surface area contributed by atoms with Gasteiger partial charge in [-0.2, -0.15) is 0 Å². The summed E-state index contributed by atoms with van der Waals surface area (Å²) in [5.41, 5.74) is 2.94. The first-order valence-electron chi connectivity index (χ1n) is 10.8. The third-order valence-corrected chi connectivity index (χ3v) is 10.0. The molecule has 2 saturated carbocycles. The normalized spacial score (nSPS) is 50.7. The van der Waals surface area contributed by atoms with Gasteiger partial charge in [-0.3, -0.25) is 4.79 Å². The van der Waals surface area contributed by atoms with Crippen molar-refractivity contribution in [3.63, 3.8) is 0 Å². The van der Waals surface area contributed by atoms with Crippen LogP contribution in [0.3, 0.4) is 0 Å². The van der Waals surface area contributed by atoms with Crippen LogP contribution in [0.15, 0.2) is 24.3 Å². The second-order valence-electron chi connectivity index (χ2n) is 9.98. The smallest absolute Gasteiger partial charge is 0.311 e.